The van der Waals surface area contributed by atoms with Crippen molar-refractivity contribution in [1.29, 1.82) is 0 Å². The lowest BCUT2D eigenvalue weighted by Gasteiger charge is -2.14. The van der Waals surface area contributed by atoms with Gasteiger partial charge in [-0.25, -0.2) is 9.66 Å². The Balaban J connectivity index is 1.55. The molecule has 6 nitrogen and oxygen atoms in total. The summed E-state index contributed by atoms with van der Waals surface area (Å²) in [6.45, 7) is 1.98. The zero-order valence-electron chi connectivity index (χ0n) is 15.1. The molecule has 27 heavy (non-hydrogen) atoms. The lowest BCUT2D eigenvalue weighted by atomic mass is 10.1. The fraction of sp³-hybridized carbons (Fsp3) is 0.250. The average Bonchev–Trinajstić information content (AvgIpc) is 2.69. The molecule has 0 aliphatic carbocycles. The van der Waals surface area contributed by atoms with Crippen molar-refractivity contribution in [3.05, 3.63) is 70.5 Å². The highest BCUT2D eigenvalue weighted by Crippen LogP contribution is 2.16. The smallest absolute Gasteiger partial charge is 0.280 e. The van der Waals surface area contributed by atoms with E-state index in [2.05, 4.69) is 22.4 Å². The van der Waals surface area contributed by atoms with Crippen LogP contribution >= 0.6 is 11.8 Å². The molecule has 0 bridgehead atoms. The van der Waals surface area contributed by atoms with E-state index in [0.717, 1.165) is 29.3 Å². The lowest BCUT2D eigenvalue weighted by Crippen LogP contribution is -2.35. The summed E-state index contributed by atoms with van der Waals surface area (Å²) in [6.07, 6.45) is 1.76. The molecule has 0 aliphatic rings. The van der Waals surface area contributed by atoms with Gasteiger partial charge in [0.05, 0.1) is 16.7 Å². The van der Waals surface area contributed by atoms with Gasteiger partial charge in [-0.2, -0.15) is 0 Å². The van der Waals surface area contributed by atoms with E-state index in [4.69, 9.17) is 5.84 Å². The van der Waals surface area contributed by atoms with Gasteiger partial charge in [-0.1, -0.05) is 54.2 Å². The molecule has 3 rings (SSSR count). The molecule has 0 fully saturated rings. The molecule has 0 spiro atoms. The van der Waals surface area contributed by atoms with Gasteiger partial charge in [0.1, 0.15) is 0 Å². The third-order valence-corrected chi connectivity index (χ3v) is 5.18. The first-order valence-electron chi connectivity index (χ1n) is 8.77. The van der Waals surface area contributed by atoms with Crippen molar-refractivity contribution in [3.8, 4) is 0 Å². The largest absolute Gasteiger partial charge is 0.353 e. The molecule has 140 valence electrons. The van der Waals surface area contributed by atoms with Crippen LogP contribution in [-0.2, 0) is 11.2 Å². The highest BCUT2D eigenvalue weighted by molar-refractivity contribution is 7.99. The van der Waals surface area contributed by atoms with Crippen LogP contribution in [0.4, 0.5) is 0 Å². The van der Waals surface area contributed by atoms with Crippen molar-refractivity contribution in [3.63, 3.8) is 0 Å². The number of nitrogen functional groups attached to an aromatic ring is 1. The number of thioether (sulfide) groups is 1. The number of hydrogen-bond acceptors (Lipinski definition) is 5. The second-order valence-electron chi connectivity index (χ2n) is 6.37. The molecular weight excluding hydrogens is 360 g/mol. The van der Waals surface area contributed by atoms with Crippen LogP contribution in [0.1, 0.15) is 18.9 Å². The van der Waals surface area contributed by atoms with Gasteiger partial charge < -0.3 is 11.2 Å². The molecule has 2 aromatic carbocycles. The van der Waals surface area contributed by atoms with Gasteiger partial charge in [0.2, 0.25) is 5.91 Å². The van der Waals surface area contributed by atoms with Crippen LogP contribution in [0.2, 0.25) is 0 Å². The van der Waals surface area contributed by atoms with E-state index in [1.807, 2.05) is 31.2 Å². The maximum atomic E-state index is 12.3. The van der Waals surface area contributed by atoms with Crippen molar-refractivity contribution in [1.82, 2.24) is 15.0 Å². The number of benzene rings is 2. The Morgan fingerprint density at radius 3 is 2.67 bits per heavy atom. The number of fused-ring (bicyclic) bond motifs is 1. The van der Waals surface area contributed by atoms with Crippen LogP contribution in [0.25, 0.3) is 10.9 Å². The van der Waals surface area contributed by atoms with Crippen LogP contribution in [0.3, 0.4) is 0 Å². The monoisotopic (exact) mass is 382 g/mol. The molecular formula is C20H22N4O2S. The van der Waals surface area contributed by atoms with Gasteiger partial charge in [0.25, 0.3) is 5.56 Å². The molecule has 0 radical (unpaired) electrons. The van der Waals surface area contributed by atoms with Gasteiger partial charge in [0.15, 0.2) is 5.16 Å². The number of para-hydroxylation sites is 1. The molecule has 7 heteroatoms. The van der Waals surface area contributed by atoms with Gasteiger partial charge in [-0.05, 0) is 37.5 Å². The number of carbonyl (C=O) groups is 1. The first-order chi connectivity index (χ1) is 13.0. The summed E-state index contributed by atoms with van der Waals surface area (Å²) in [5.41, 5.74) is 1.50. The van der Waals surface area contributed by atoms with Gasteiger partial charge >= 0.3 is 0 Å². The Hall–Kier alpha value is -2.80. The molecule has 0 aliphatic heterocycles. The summed E-state index contributed by atoms with van der Waals surface area (Å²) >= 11 is 1.16. The van der Waals surface area contributed by atoms with Crippen molar-refractivity contribution < 1.29 is 4.79 Å². The minimum Gasteiger partial charge on any atom is -0.353 e. The maximum Gasteiger partial charge on any atom is 0.280 e. The number of carbonyl (C=O) groups excluding carboxylic acids is 1. The summed E-state index contributed by atoms with van der Waals surface area (Å²) < 4.78 is 0.999. The number of nitrogens with two attached hydrogens (primary N) is 1. The van der Waals surface area contributed by atoms with Crippen molar-refractivity contribution in [2.75, 3.05) is 11.6 Å². The quantitative estimate of drug-likeness (QED) is 0.372. The number of aromatic nitrogens is 2. The maximum absolute atomic E-state index is 12.3. The fourth-order valence-corrected chi connectivity index (χ4v) is 3.50. The van der Waals surface area contributed by atoms with Crippen LogP contribution in [0.15, 0.2) is 64.5 Å². The van der Waals surface area contributed by atoms with Gasteiger partial charge in [-0.15, -0.1) is 0 Å². The van der Waals surface area contributed by atoms with Crippen LogP contribution in [0, 0.1) is 0 Å². The van der Waals surface area contributed by atoms with E-state index in [0.29, 0.717) is 16.1 Å². The molecule has 3 aromatic rings. The SMILES string of the molecule is C[C@@H](CCc1ccccc1)NC(=O)CSc1nc2ccccc2c(=O)n1N. The van der Waals surface area contributed by atoms with E-state index < -0.39 is 0 Å². The van der Waals surface area contributed by atoms with Crippen molar-refractivity contribution >= 4 is 28.6 Å². The number of nitrogens with one attached hydrogen (secondary N) is 1. The van der Waals surface area contributed by atoms with Crippen molar-refractivity contribution in [2.45, 2.75) is 31.0 Å². The Bertz CT molecular complexity index is 988. The summed E-state index contributed by atoms with van der Waals surface area (Å²) in [7, 11) is 0. The summed E-state index contributed by atoms with van der Waals surface area (Å²) in [5, 5.41) is 3.76. The predicted molar refractivity (Wildman–Crippen MR) is 109 cm³/mol. The Morgan fingerprint density at radius 2 is 1.89 bits per heavy atom. The zero-order valence-corrected chi connectivity index (χ0v) is 15.9. The van der Waals surface area contributed by atoms with Gasteiger partial charge in [0, 0.05) is 6.04 Å². The number of amides is 1. The first-order valence-corrected chi connectivity index (χ1v) is 9.76. The fourth-order valence-electron chi connectivity index (χ4n) is 2.77. The third kappa shape index (κ3) is 4.89. The van der Waals surface area contributed by atoms with E-state index in [9.17, 15) is 9.59 Å². The zero-order chi connectivity index (χ0) is 19.2. The number of hydrogen-bond donors (Lipinski definition) is 2. The summed E-state index contributed by atoms with van der Waals surface area (Å²) in [6, 6.07) is 17.2. The van der Waals surface area contributed by atoms with E-state index in [-0.39, 0.29) is 23.3 Å². The average molecular weight is 382 g/mol. The summed E-state index contributed by atoms with van der Waals surface area (Å²) in [4.78, 5) is 28.9. The van der Waals surface area contributed by atoms with Crippen LogP contribution in [-0.4, -0.2) is 27.4 Å². The van der Waals surface area contributed by atoms with Crippen LogP contribution < -0.4 is 16.7 Å². The molecule has 0 saturated carbocycles. The predicted octanol–water partition coefficient (Wildman–Crippen LogP) is 2.34. The topological polar surface area (TPSA) is 90.0 Å². The normalized spacial score (nSPS) is 12.0. The highest BCUT2D eigenvalue weighted by Gasteiger charge is 2.13. The first kappa shape index (κ1) is 19.0. The number of rotatable bonds is 7. The molecule has 1 amide bonds. The Kier molecular flexibility index (Phi) is 6.13. The molecule has 1 atom stereocenters. The van der Waals surface area contributed by atoms with E-state index in [1.54, 1.807) is 18.2 Å². The number of aryl methyl sites for hydroxylation is 1. The summed E-state index contributed by atoms with van der Waals surface area (Å²) in [5.74, 6) is 5.88. The molecule has 1 aromatic heterocycles. The Labute approximate surface area is 161 Å². The third-order valence-electron chi connectivity index (χ3n) is 4.22. The number of nitrogens with zero attached hydrogens (tertiary/aromatic N) is 2. The highest BCUT2D eigenvalue weighted by atomic mass is 32.2. The van der Waals surface area contributed by atoms with Gasteiger partial charge in [-0.3, -0.25) is 9.59 Å². The lowest BCUT2D eigenvalue weighted by molar-refractivity contribution is -0.119. The van der Waals surface area contributed by atoms with Crippen molar-refractivity contribution in [2.24, 2.45) is 0 Å². The Morgan fingerprint density at radius 1 is 1.19 bits per heavy atom. The molecule has 0 unspecified atom stereocenters. The minimum atomic E-state index is -0.320. The molecule has 3 N–H and O–H groups in total. The standard InChI is InChI=1S/C20H22N4O2S/c1-14(11-12-15-7-3-2-4-8-15)22-18(25)13-27-20-23-17-10-6-5-9-16(17)19(26)24(20)21/h2-10,14H,11-13,21H2,1H3,(H,22,25)/t14-/m0/s1. The molecule has 0 saturated heterocycles. The molecule has 1 heterocycles. The van der Waals surface area contributed by atoms with Crippen LogP contribution in [0.5, 0.6) is 0 Å². The second-order valence-corrected chi connectivity index (χ2v) is 7.31. The van der Waals surface area contributed by atoms with E-state index in [1.165, 1.54) is 5.56 Å². The second kappa shape index (κ2) is 8.73. The van der Waals surface area contributed by atoms with E-state index >= 15 is 0 Å². The minimum absolute atomic E-state index is 0.0583.